The third-order valence-electron chi connectivity index (χ3n) is 3.15. The first-order chi connectivity index (χ1) is 9.24. The van der Waals surface area contributed by atoms with Crippen LogP contribution >= 0.6 is 0 Å². The van der Waals surface area contributed by atoms with E-state index in [1.54, 1.807) is 18.2 Å². The number of benzene rings is 1. The third-order valence-corrected chi connectivity index (χ3v) is 3.15. The summed E-state index contributed by atoms with van der Waals surface area (Å²) >= 11 is 0. The van der Waals surface area contributed by atoms with E-state index >= 15 is 0 Å². The van der Waals surface area contributed by atoms with E-state index in [1.807, 2.05) is 0 Å². The molecule has 1 aliphatic heterocycles. The van der Waals surface area contributed by atoms with E-state index in [1.165, 1.54) is 12.3 Å². The second kappa shape index (κ2) is 4.85. The van der Waals surface area contributed by atoms with Crippen LogP contribution in [0.5, 0.6) is 0 Å². The third kappa shape index (κ3) is 2.37. The lowest BCUT2D eigenvalue weighted by molar-refractivity contribution is -0.124. The Morgan fingerprint density at radius 3 is 3.00 bits per heavy atom. The summed E-state index contributed by atoms with van der Waals surface area (Å²) in [6.07, 6.45) is 2.61. The summed E-state index contributed by atoms with van der Waals surface area (Å²) in [5, 5.41) is 3.21. The maximum Gasteiger partial charge on any atom is 0.253 e. The molecule has 1 amide bonds. The standard InChI is InChI=1S/C14H13NO4/c16-11-5-7-19-12-4-3-9(8-10(11)12)15-14(17)13-2-1-6-18-13/h3-5,7-8,13H,1-2,6H2,(H,15,17). The molecular weight excluding hydrogens is 246 g/mol. The van der Waals surface area contributed by atoms with Gasteiger partial charge in [0.15, 0.2) is 5.43 Å². The Kier molecular flexibility index (Phi) is 3.05. The summed E-state index contributed by atoms with van der Waals surface area (Å²) in [6, 6.07) is 6.35. The van der Waals surface area contributed by atoms with Crippen molar-refractivity contribution in [3.63, 3.8) is 0 Å². The molecule has 19 heavy (non-hydrogen) atoms. The van der Waals surface area contributed by atoms with Crippen molar-refractivity contribution < 1.29 is 13.9 Å². The molecule has 2 aromatic rings. The van der Waals surface area contributed by atoms with Crippen molar-refractivity contribution in [1.82, 2.24) is 0 Å². The number of rotatable bonds is 2. The van der Waals surface area contributed by atoms with Crippen molar-refractivity contribution in [2.75, 3.05) is 11.9 Å². The molecule has 0 bridgehead atoms. The number of amides is 1. The Balaban J connectivity index is 1.87. The number of carbonyl (C=O) groups is 1. The van der Waals surface area contributed by atoms with E-state index in [9.17, 15) is 9.59 Å². The summed E-state index contributed by atoms with van der Waals surface area (Å²) < 4.78 is 10.5. The number of hydrogen-bond acceptors (Lipinski definition) is 4. The van der Waals surface area contributed by atoms with Crippen LogP contribution in [0.4, 0.5) is 5.69 Å². The van der Waals surface area contributed by atoms with Crippen LogP contribution in [-0.4, -0.2) is 18.6 Å². The van der Waals surface area contributed by atoms with Crippen LogP contribution < -0.4 is 10.7 Å². The predicted octanol–water partition coefficient (Wildman–Crippen LogP) is 1.91. The van der Waals surface area contributed by atoms with E-state index in [2.05, 4.69) is 5.32 Å². The first kappa shape index (κ1) is 11.9. The molecule has 0 aliphatic carbocycles. The van der Waals surface area contributed by atoms with Gasteiger partial charge in [0.25, 0.3) is 5.91 Å². The minimum atomic E-state index is -0.386. The molecule has 3 rings (SSSR count). The highest BCUT2D eigenvalue weighted by Crippen LogP contribution is 2.18. The fourth-order valence-electron chi connectivity index (χ4n) is 2.17. The van der Waals surface area contributed by atoms with Crippen LogP contribution in [-0.2, 0) is 9.53 Å². The van der Waals surface area contributed by atoms with Gasteiger partial charge in [0, 0.05) is 18.4 Å². The zero-order valence-electron chi connectivity index (χ0n) is 10.2. The topological polar surface area (TPSA) is 68.5 Å². The molecule has 1 fully saturated rings. The number of hydrogen-bond donors (Lipinski definition) is 1. The van der Waals surface area contributed by atoms with Crippen LogP contribution in [0.15, 0.2) is 39.7 Å². The molecule has 98 valence electrons. The smallest absolute Gasteiger partial charge is 0.253 e. The maximum atomic E-state index is 11.9. The number of carbonyl (C=O) groups excluding carboxylic acids is 1. The average Bonchev–Trinajstić information content (AvgIpc) is 2.94. The molecule has 1 saturated heterocycles. The van der Waals surface area contributed by atoms with E-state index in [-0.39, 0.29) is 17.4 Å². The lowest BCUT2D eigenvalue weighted by Crippen LogP contribution is -2.26. The molecule has 5 nitrogen and oxygen atoms in total. The molecule has 0 spiro atoms. The summed E-state index contributed by atoms with van der Waals surface area (Å²) in [5.74, 6) is -0.169. The van der Waals surface area contributed by atoms with Gasteiger partial charge >= 0.3 is 0 Å². The van der Waals surface area contributed by atoms with Crippen molar-refractivity contribution in [2.45, 2.75) is 18.9 Å². The SMILES string of the molecule is O=C(Nc1ccc2occc(=O)c2c1)C1CCCO1. The zero-order chi connectivity index (χ0) is 13.2. The summed E-state index contributed by atoms with van der Waals surface area (Å²) in [6.45, 7) is 0.624. The van der Waals surface area contributed by atoms with Gasteiger partial charge in [-0.1, -0.05) is 0 Å². The number of nitrogens with one attached hydrogen (secondary N) is 1. The van der Waals surface area contributed by atoms with Crippen molar-refractivity contribution in [3.8, 4) is 0 Å². The molecule has 1 unspecified atom stereocenters. The van der Waals surface area contributed by atoms with E-state index in [0.29, 0.717) is 23.3 Å². The second-order valence-corrected chi connectivity index (χ2v) is 4.49. The molecule has 1 aromatic carbocycles. The van der Waals surface area contributed by atoms with Crippen LogP contribution in [0.3, 0.4) is 0 Å². The first-order valence-electron chi connectivity index (χ1n) is 6.18. The first-order valence-corrected chi connectivity index (χ1v) is 6.18. The molecule has 1 aromatic heterocycles. The molecule has 2 heterocycles. The van der Waals surface area contributed by atoms with Gasteiger partial charge in [-0.2, -0.15) is 0 Å². The molecule has 0 radical (unpaired) electrons. The Labute approximate surface area is 109 Å². The van der Waals surface area contributed by atoms with Crippen molar-refractivity contribution >= 4 is 22.6 Å². The van der Waals surface area contributed by atoms with Crippen molar-refractivity contribution in [2.24, 2.45) is 0 Å². The second-order valence-electron chi connectivity index (χ2n) is 4.49. The largest absolute Gasteiger partial charge is 0.464 e. The Bertz CT molecular complexity index is 670. The average molecular weight is 259 g/mol. The van der Waals surface area contributed by atoms with Gasteiger partial charge in [-0.25, -0.2) is 0 Å². The highest BCUT2D eigenvalue weighted by atomic mass is 16.5. The summed E-state index contributed by atoms with van der Waals surface area (Å²) in [7, 11) is 0. The lowest BCUT2D eigenvalue weighted by Gasteiger charge is -2.10. The van der Waals surface area contributed by atoms with Crippen molar-refractivity contribution in [3.05, 3.63) is 40.8 Å². The molecular formula is C14H13NO4. The number of ether oxygens (including phenoxy) is 1. The quantitative estimate of drug-likeness (QED) is 0.894. The highest BCUT2D eigenvalue weighted by Gasteiger charge is 2.23. The fourth-order valence-corrected chi connectivity index (χ4v) is 2.17. The van der Waals surface area contributed by atoms with Crippen LogP contribution in [0.1, 0.15) is 12.8 Å². The minimum absolute atomic E-state index is 0.130. The van der Waals surface area contributed by atoms with Crippen LogP contribution in [0.2, 0.25) is 0 Å². The fraction of sp³-hybridized carbons (Fsp3) is 0.286. The van der Waals surface area contributed by atoms with Crippen molar-refractivity contribution in [1.29, 1.82) is 0 Å². The van der Waals surface area contributed by atoms with Crippen LogP contribution in [0.25, 0.3) is 11.0 Å². The molecule has 0 saturated carbocycles. The normalized spacial score (nSPS) is 18.6. The van der Waals surface area contributed by atoms with Gasteiger partial charge in [-0.15, -0.1) is 0 Å². The van der Waals surface area contributed by atoms with E-state index < -0.39 is 0 Å². The Hall–Kier alpha value is -2.14. The Morgan fingerprint density at radius 1 is 1.32 bits per heavy atom. The molecule has 1 aliphatic rings. The monoisotopic (exact) mass is 259 g/mol. The van der Waals surface area contributed by atoms with Gasteiger partial charge in [-0.05, 0) is 31.0 Å². The summed E-state index contributed by atoms with van der Waals surface area (Å²) in [4.78, 5) is 23.6. The molecule has 1 atom stereocenters. The number of anilines is 1. The predicted molar refractivity (Wildman–Crippen MR) is 70.1 cm³/mol. The molecule has 1 N–H and O–H groups in total. The lowest BCUT2D eigenvalue weighted by atomic mass is 10.2. The zero-order valence-corrected chi connectivity index (χ0v) is 10.2. The van der Waals surface area contributed by atoms with Gasteiger partial charge in [-0.3, -0.25) is 9.59 Å². The molecule has 5 heteroatoms. The number of fused-ring (bicyclic) bond motifs is 1. The van der Waals surface area contributed by atoms with E-state index in [0.717, 1.165) is 12.8 Å². The minimum Gasteiger partial charge on any atom is -0.464 e. The van der Waals surface area contributed by atoms with Gasteiger partial charge < -0.3 is 14.5 Å². The summed E-state index contributed by atoms with van der Waals surface area (Å²) in [5.41, 5.74) is 0.948. The highest BCUT2D eigenvalue weighted by molar-refractivity contribution is 5.96. The van der Waals surface area contributed by atoms with Gasteiger partial charge in [0.05, 0.1) is 11.6 Å². The van der Waals surface area contributed by atoms with E-state index in [4.69, 9.17) is 9.15 Å². The van der Waals surface area contributed by atoms with Gasteiger partial charge in [0.1, 0.15) is 11.7 Å². The van der Waals surface area contributed by atoms with Crippen LogP contribution in [0, 0.1) is 0 Å². The Morgan fingerprint density at radius 2 is 2.21 bits per heavy atom. The maximum absolute atomic E-state index is 11.9. The van der Waals surface area contributed by atoms with Gasteiger partial charge in [0.2, 0.25) is 0 Å².